The van der Waals surface area contributed by atoms with Crippen LogP contribution in [0.2, 0.25) is 0 Å². The van der Waals surface area contributed by atoms with E-state index in [1.807, 2.05) is 36.9 Å². The van der Waals surface area contributed by atoms with Crippen molar-refractivity contribution in [2.24, 2.45) is 4.99 Å². The van der Waals surface area contributed by atoms with Gasteiger partial charge in [0.05, 0.1) is 0 Å². The second-order valence-corrected chi connectivity index (χ2v) is 8.42. The molecule has 1 aliphatic heterocycles. The van der Waals surface area contributed by atoms with Crippen LogP contribution < -0.4 is 4.90 Å². The van der Waals surface area contributed by atoms with Crippen LogP contribution in [0.25, 0.3) is 5.57 Å². The molecule has 1 saturated heterocycles. The van der Waals surface area contributed by atoms with Gasteiger partial charge in [-0.05, 0) is 61.0 Å². The van der Waals surface area contributed by atoms with Crippen molar-refractivity contribution in [2.75, 3.05) is 38.1 Å². The van der Waals surface area contributed by atoms with Crippen molar-refractivity contribution in [2.45, 2.75) is 20.3 Å². The summed E-state index contributed by atoms with van der Waals surface area (Å²) in [6.45, 7) is 10.9. The van der Waals surface area contributed by atoms with Crippen LogP contribution in [0.3, 0.4) is 0 Å². The van der Waals surface area contributed by atoms with Gasteiger partial charge in [-0.3, -0.25) is 9.79 Å². The third-order valence-corrected chi connectivity index (χ3v) is 5.72. The van der Waals surface area contributed by atoms with Crippen LogP contribution in [0.5, 0.6) is 0 Å². The molecule has 0 N–H and O–H groups in total. The Kier molecular flexibility index (Phi) is 12.4. The van der Waals surface area contributed by atoms with Gasteiger partial charge >= 0.3 is 0 Å². The van der Waals surface area contributed by atoms with Crippen LogP contribution in [0, 0.1) is 24.0 Å². The Morgan fingerprint density at radius 3 is 1.95 bits per heavy atom. The average molecular weight is 517 g/mol. The van der Waals surface area contributed by atoms with Gasteiger partial charge in [0.25, 0.3) is 0 Å². The molecule has 3 aromatic rings. The number of piperazine rings is 1. The largest absolute Gasteiger partial charge is 0.353 e. The maximum absolute atomic E-state index is 12.5. The number of hydrogen-bond acceptors (Lipinski definition) is 4. The highest BCUT2D eigenvalue weighted by atomic mass is 19.1. The first-order chi connectivity index (χ1) is 18.3. The van der Waals surface area contributed by atoms with E-state index in [0.29, 0.717) is 12.1 Å². The summed E-state index contributed by atoms with van der Waals surface area (Å²) in [4.78, 5) is 23.8. The fourth-order valence-electron chi connectivity index (χ4n) is 3.57. The number of anilines is 1. The summed E-state index contributed by atoms with van der Waals surface area (Å²) in [6.07, 6.45) is 7.58. The number of benzene rings is 2. The zero-order valence-corrected chi connectivity index (χ0v) is 22.2. The van der Waals surface area contributed by atoms with E-state index in [1.165, 1.54) is 24.3 Å². The smallest absolute Gasteiger partial charge is 0.222 e. The van der Waals surface area contributed by atoms with Crippen LogP contribution in [0.15, 0.2) is 84.5 Å². The Hall–Kier alpha value is -4.31. The predicted molar refractivity (Wildman–Crippen MR) is 152 cm³/mol. The lowest BCUT2D eigenvalue weighted by atomic mass is 10.1. The van der Waals surface area contributed by atoms with Crippen LogP contribution >= 0.6 is 0 Å². The molecule has 5 nitrogen and oxygen atoms in total. The Morgan fingerprint density at radius 2 is 1.53 bits per heavy atom. The molecule has 0 spiro atoms. The lowest BCUT2D eigenvalue weighted by molar-refractivity contribution is -0.131. The SMILES string of the molecule is C#CC(=NC)c1ccc(F)cc1.C=C(C)c1ccc(F)cc1.CCC(=O)N1CCN(c2ccccn2)CC1. The van der Waals surface area contributed by atoms with Gasteiger partial charge in [0.15, 0.2) is 0 Å². The number of terminal acetylenes is 1. The number of rotatable bonds is 4. The summed E-state index contributed by atoms with van der Waals surface area (Å²) in [5.74, 6) is 3.20. The van der Waals surface area contributed by atoms with E-state index < -0.39 is 0 Å². The van der Waals surface area contributed by atoms with Gasteiger partial charge in [-0.15, -0.1) is 6.42 Å². The monoisotopic (exact) mass is 516 g/mol. The van der Waals surface area contributed by atoms with Gasteiger partial charge in [-0.2, -0.15) is 0 Å². The highest BCUT2D eigenvalue weighted by Crippen LogP contribution is 2.13. The molecule has 1 aliphatic rings. The van der Waals surface area contributed by atoms with E-state index in [0.717, 1.165) is 48.7 Å². The van der Waals surface area contributed by atoms with Crippen LogP contribution in [-0.2, 0) is 4.79 Å². The molecule has 0 saturated carbocycles. The number of halogens is 2. The van der Waals surface area contributed by atoms with E-state index >= 15 is 0 Å². The first-order valence-corrected chi connectivity index (χ1v) is 12.3. The molecule has 1 fully saturated rings. The number of aromatic nitrogens is 1. The van der Waals surface area contributed by atoms with E-state index in [4.69, 9.17) is 6.42 Å². The zero-order chi connectivity index (χ0) is 27.9. The number of aliphatic imine (C=N–C) groups is 1. The Morgan fingerprint density at radius 1 is 0.974 bits per heavy atom. The van der Waals surface area contributed by atoms with E-state index in [-0.39, 0.29) is 17.5 Å². The highest BCUT2D eigenvalue weighted by Gasteiger charge is 2.20. The van der Waals surface area contributed by atoms with Crippen molar-refractivity contribution in [1.82, 2.24) is 9.88 Å². The topological polar surface area (TPSA) is 48.8 Å². The fourth-order valence-corrected chi connectivity index (χ4v) is 3.57. The van der Waals surface area contributed by atoms with Crippen LogP contribution in [-0.4, -0.2) is 54.7 Å². The van der Waals surface area contributed by atoms with Gasteiger partial charge in [0.1, 0.15) is 23.2 Å². The number of allylic oxidation sites excluding steroid dienone is 1. The summed E-state index contributed by atoms with van der Waals surface area (Å²) in [7, 11) is 1.61. The van der Waals surface area contributed by atoms with Crippen molar-refractivity contribution in [3.63, 3.8) is 0 Å². The lowest BCUT2D eigenvalue weighted by Gasteiger charge is -2.35. The molecule has 38 heavy (non-hydrogen) atoms. The second kappa shape index (κ2) is 15.7. The number of carbonyl (C=O) groups is 1. The summed E-state index contributed by atoms with van der Waals surface area (Å²) in [5.41, 5.74) is 3.25. The molecule has 1 aromatic heterocycles. The molecule has 0 radical (unpaired) electrons. The Bertz CT molecular complexity index is 1230. The first-order valence-electron chi connectivity index (χ1n) is 12.3. The molecule has 0 aliphatic carbocycles. The molecule has 0 unspecified atom stereocenters. The maximum Gasteiger partial charge on any atom is 0.222 e. The van der Waals surface area contributed by atoms with Gasteiger partial charge in [-0.1, -0.05) is 43.2 Å². The first kappa shape index (κ1) is 29.9. The van der Waals surface area contributed by atoms with E-state index in [2.05, 4.69) is 27.4 Å². The standard InChI is InChI=1S/C12H17N3O.C10H8FN.C9H9F/c1-2-12(16)15-9-7-14(8-10-15)11-5-3-4-6-13-11;1-3-10(12-2)8-4-6-9(11)7-5-8;1-7(2)8-3-5-9(10)6-4-8/h3-6H,2,7-10H2,1H3;1,4-7H,2H3;3-6H,1H2,2H3. The summed E-state index contributed by atoms with van der Waals surface area (Å²) < 4.78 is 24.8. The fraction of sp³-hybridized carbons (Fsp3) is 0.258. The number of hydrogen-bond donors (Lipinski definition) is 0. The predicted octanol–water partition coefficient (Wildman–Crippen LogP) is 5.88. The number of amides is 1. The van der Waals surface area contributed by atoms with Gasteiger partial charge < -0.3 is 9.80 Å². The minimum atomic E-state index is -0.272. The molecular formula is C31H34F2N4O. The molecule has 2 aromatic carbocycles. The summed E-state index contributed by atoms with van der Waals surface area (Å²) >= 11 is 0. The zero-order valence-electron chi connectivity index (χ0n) is 22.2. The van der Waals surface area contributed by atoms with Crippen molar-refractivity contribution in [3.8, 4) is 12.3 Å². The number of carbonyl (C=O) groups excluding carboxylic acids is 1. The third-order valence-electron chi connectivity index (χ3n) is 5.72. The third kappa shape index (κ3) is 9.62. The highest BCUT2D eigenvalue weighted by molar-refractivity contribution is 6.12. The van der Waals surface area contributed by atoms with Crippen LogP contribution in [0.4, 0.5) is 14.6 Å². The molecule has 0 atom stereocenters. The Balaban J connectivity index is 0.000000207. The molecule has 7 heteroatoms. The quantitative estimate of drug-likeness (QED) is 0.322. The van der Waals surface area contributed by atoms with Gasteiger partial charge in [0.2, 0.25) is 5.91 Å². The van der Waals surface area contributed by atoms with Gasteiger partial charge in [0, 0.05) is 51.4 Å². The molecule has 4 rings (SSSR count). The molecule has 1 amide bonds. The lowest BCUT2D eigenvalue weighted by Crippen LogP contribution is -2.48. The summed E-state index contributed by atoms with van der Waals surface area (Å²) in [5, 5.41) is 0. The number of nitrogens with zero attached hydrogens (tertiary/aromatic N) is 4. The molecule has 2 heterocycles. The van der Waals surface area contributed by atoms with E-state index in [1.54, 1.807) is 37.5 Å². The minimum Gasteiger partial charge on any atom is -0.353 e. The van der Waals surface area contributed by atoms with Crippen molar-refractivity contribution in [3.05, 3.63) is 102 Å². The molecule has 198 valence electrons. The second-order valence-electron chi connectivity index (χ2n) is 8.42. The Labute approximate surface area is 224 Å². The minimum absolute atomic E-state index is 0.204. The van der Waals surface area contributed by atoms with Crippen molar-refractivity contribution < 1.29 is 13.6 Å². The van der Waals surface area contributed by atoms with Crippen molar-refractivity contribution in [1.29, 1.82) is 0 Å². The molecule has 0 bridgehead atoms. The average Bonchev–Trinajstić information content (AvgIpc) is 2.96. The van der Waals surface area contributed by atoms with Gasteiger partial charge in [-0.25, -0.2) is 13.8 Å². The maximum atomic E-state index is 12.5. The summed E-state index contributed by atoms with van der Waals surface area (Å²) in [6, 6.07) is 18.2. The van der Waals surface area contributed by atoms with Crippen LogP contribution in [0.1, 0.15) is 31.4 Å². The van der Waals surface area contributed by atoms with Crippen molar-refractivity contribution >= 4 is 23.0 Å². The molecular weight excluding hydrogens is 482 g/mol. The van der Waals surface area contributed by atoms with E-state index in [9.17, 15) is 13.6 Å². The number of pyridine rings is 1. The normalized spacial score (nSPS) is 12.8.